The number of nitrogens with one attached hydrogen (secondary N) is 1. The van der Waals surface area contributed by atoms with Crippen molar-refractivity contribution in [1.29, 1.82) is 0 Å². The minimum atomic E-state index is -0.320. The quantitative estimate of drug-likeness (QED) is 0.477. The first-order valence-corrected chi connectivity index (χ1v) is 7.44. The molecule has 0 unspecified atom stereocenters. The van der Waals surface area contributed by atoms with E-state index in [1.165, 1.54) is 21.3 Å². The molecule has 0 radical (unpaired) electrons. The molecule has 0 aliphatic heterocycles. The topological polar surface area (TPSA) is 89.4 Å². The van der Waals surface area contributed by atoms with Crippen molar-refractivity contribution in [1.82, 2.24) is 0 Å². The van der Waals surface area contributed by atoms with E-state index in [4.69, 9.17) is 19.4 Å². The van der Waals surface area contributed by atoms with Gasteiger partial charge in [0.1, 0.15) is 0 Å². The van der Waals surface area contributed by atoms with Gasteiger partial charge in [-0.3, -0.25) is 4.79 Å². The van der Waals surface area contributed by atoms with Gasteiger partial charge in [0.2, 0.25) is 5.75 Å². The van der Waals surface area contributed by atoms with Crippen LogP contribution in [-0.2, 0) is 0 Å². The van der Waals surface area contributed by atoms with Crippen LogP contribution in [0.2, 0.25) is 0 Å². The molecule has 0 fully saturated rings. The van der Waals surface area contributed by atoms with E-state index >= 15 is 0 Å². The molecule has 132 valence electrons. The maximum absolute atomic E-state index is 12.5. The van der Waals surface area contributed by atoms with E-state index in [2.05, 4.69) is 10.5 Å². The van der Waals surface area contributed by atoms with Crippen LogP contribution >= 0.6 is 0 Å². The number of hydrogen-bond acceptors (Lipinski definition) is 6. The first-order chi connectivity index (χ1) is 12.0. The van der Waals surface area contributed by atoms with Crippen LogP contribution in [0, 0.1) is 0 Å². The largest absolute Gasteiger partial charge is 0.493 e. The summed E-state index contributed by atoms with van der Waals surface area (Å²) >= 11 is 0. The summed E-state index contributed by atoms with van der Waals surface area (Å²) in [6, 6.07) is 10.1. The summed E-state index contributed by atoms with van der Waals surface area (Å²) in [6.07, 6.45) is 0. The molecule has 7 nitrogen and oxygen atoms in total. The molecule has 0 aromatic heterocycles. The first-order valence-electron chi connectivity index (χ1n) is 7.44. The van der Waals surface area contributed by atoms with Crippen molar-refractivity contribution < 1.29 is 24.2 Å². The average molecular weight is 344 g/mol. The number of methoxy groups -OCH3 is 3. The van der Waals surface area contributed by atoms with Gasteiger partial charge >= 0.3 is 0 Å². The van der Waals surface area contributed by atoms with Crippen LogP contribution in [0.15, 0.2) is 41.6 Å². The highest BCUT2D eigenvalue weighted by molar-refractivity contribution is 6.05. The number of nitrogens with zero attached hydrogens (tertiary/aromatic N) is 1. The third-order valence-electron chi connectivity index (χ3n) is 3.64. The van der Waals surface area contributed by atoms with Gasteiger partial charge < -0.3 is 24.7 Å². The van der Waals surface area contributed by atoms with E-state index in [0.717, 1.165) is 5.56 Å². The molecule has 0 saturated heterocycles. The predicted octanol–water partition coefficient (Wildman–Crippen LogP) is 3.16. The number of benzene rings is 2. The van der Waals surface area contributed by atoms with Crippen molar-refractivity contribution in [2.75, 3.05) is 26.6 Å². The summed E-state index contributed by atoms with van der Waals surface area (Å²) in [7, 11) is 4.48. The molecular formula is C18H20N2O5. The molecule has 0 atom stereocenters. The zero-order valence-electron chi connectivity index (χ0n) is 14.5. The second kappa shape index (κ2) is 8.05. The molecule has 2 aromatic rings. The number of amides is 1. The fourth-order valence-corrected chi connectivity index (χ4v) is 2.27. The number of carbonyl (C=O) groups is 1. The Balaban J connectivity index is 2.26. The van der Waals surface area contributed by atoms with Crippen LogP contribution in [0.3, 0.4) is 0 Å². The number of anilines is 1. The van der Waals surface area contributed by atoms with Crippen molar-refractivity contribution >= 4 is 17.3 Å². The Labute approximate surface area is 145 Å². The molecule has 0 aliphatic rings. The summed E-state index contributed by atoms with van der Waals surface area (Å²) in [5.41, 5.74) is 2.22. The van der Waals surface area contributed by atoms with E-state index in [9.17, 15) is 4.79 Å². The maximum atomic E-state index is 12.5. The van der Waals surface area contributed by atoms with Crippen LogP contribution < -0.4 is 19.5 Å². The van der Waals surface area contributed by atoms with Crippen molar-refractivity contribution in [2.45, 2.75) is 6.92 Å². The summed E-state index contributed by atoms with van der Waals surface area (Å²) in [6.45, 7) is 1.68. The smallest absolute Gasteiger partial charge is 0.255 e. The molecule has 0 saturated carbocycles. The lowest BCUT2D eigenvalue weighted by molar-refractivity contribution is 0.102. The zero-order valence-corrected chi connectivity index (χ0v) is 14.5. The molecule has 2 rings (SSSR count). The van der Waals surface area contributed by atoms with Gasteiger partial charge in [0.15, 0.2) is 11.5 Å². The summed E-state index contributed by atoms with van der Waals surface area (Å²) in [5, 5.41) is 14.7. The highest BCUT2D eigenvalue weighted by Crippen LogP contribution is 2.38. The molecule has 0 heterocycles. The summed E-state index contributed by atoms with van der Waals surface area (Å²) < 4.78 is 15.7. The Hall–Kier alpha value is -3.22. The Morgan fingerprint density at radius 1 is 0.960 bits per heavy atom. The van der Waals surface area contributed by atoms with Gasteiger partial charge in [-0.1, -0.05) is 17.3 Å². The minimum absolute atomic E-state index is 0.320. The SMILES string of the molecule is COc1cc(C(=O)Nc2ccc(C(C)=NO)cc2)cc(OC)c1OC. The Morgan fingerprint density at radius 2 is 1.52 bits per heavy atom. The molecule has 0 aliphatic carbocycles. The van der Waals surface area contributed by atoms with E-state index in [-0.39, 0.29) is 5.91 Å². The number of hydrogen-bond donors (Lipinski definition) is 2. The van der Waals surface area contributed by atoms with E-state index in [1.54, 1.807) is 43.3 Å². The molecular weight excluding hydrogens is 324 g/mol. The second-order valence-electron chi connectivity index (χ2n) is 5.13. The van der Waals surface area contributed by atoms with Gasteiger partial charge in [0.05, 0.1) is 27.0 Å². The van der Waals surface area contributed by atoms with Crippen molar-refractivity contribution in [2.24, 2.45) is 5.16 Å². The average Bonchev–Trinajstić information content (AvgIpc) is 2.66. The zero-order chi connectivity index (χ0) is 18.4. The van der Waals surface area contributed by atoms with Gasteiger partial charge in [-0.25, -0.2) is 0 Å². The first kappa shape index (κ1) is 18.1. The Morgan fingerprint density at radius 3 is 1.96 bits per heavy atom. The third-order valence-corrected chi connectivity index (χ3v) is 3.64. The van der Waals surface area contributed by atoms with Gasteiger partial charge in [-0.05, 0) is 36.8 Å². The monoisotopic (exact) mass is 344 g/mol. The van der Waals surface area contributed by atoms with Crippen LogP contribution in [0.4, 0.5) is 5.69 Å². The lowest BCUT2D eigenvalue weighted by Crippen LogP contribution is -2.12. The van der Waals surface area contributed by atoms with Gasteiger partial charge in [-0.15, -0.1) is 0 Å². The lowest BCUT2D eigenvalue weighted by atomic mass is 10.1. The Bertz CT molecular complexity index is 760. The Kier molecular flexibility index (Phi) is 5.84. The van der Waals surface area contributed by atoms with Crippen LogP contribution in [0.1, 0.15) is 22.8 Å². The molecule has 1 amide bonds. The minimum Gasteiger partial charge on any atom is -0.493 e. The standard InChI is InChI=1S/C18H20N2O5/c1-11(20-22)12-5-7-14(8-6-12)19-18(21)13-9-15(23-2)17(25-4)16(10-13)24-3/h5-10,22H,1-4H3,(H,19,21). The third kappa shape index (κ3) is 4.00. The molecule has 25 heavy (non-hydrogen) atoms. The van der Waals surface area contributed by atoms with Gasteiger partial charge in [0.25, 0.3) is 5.91 Å². The molecule has 2 aromatic carbocycles. The molecule has 7 heteroatoms. The van der Waals surface area contributed by atoms with Gasteiger partial charge in [0, 0.05) is 11.3 Å². The van der Waals surface area contributed by atoms with Crippen molar-refractivity contribution in [3.05, 3.63) is 47.5 Å². The molecule has 0 spiro atoms. The second-order valence-corrected chi connectivity index (χ2v) is 5.13. The molecule has 2 N–H and O–H groups in total. The maximum Gasteiger partial charge on any atom is 0.255 e. The predicted molar refractivity (Wildman–Crippen MR) is 94.5 cm³/mol. The number of ether oxygens (including phenoxy) is 3. The van der Waals surface area contributed by atoms with Crippen molar-refractivity contribution in [3.8, 4) is 17.2 Å². The van der Waals surface area contributed by atoms with Crippen LogP contribution in [0.25, 0.3) is 0 Å². The highest BCUT2D eigenvalue weighted by Gasteiger charge is 2.17. The lowest BCUT2D eigenvalue weighted by Gasteiger charge is -2.14. The van der Waals surface area contributed by atoms with E-state index in [0.29, 0.717) is 34.2 Å². The number of oxime groups is 1. The van der Waals surface area contributed by atoms with Crippen LogP contribution in [-0.4, -0.2) is 38.2 Å². The van der Waals surface area contributed by atoms with Gasteiger partial charge in [-0.2, -0.15) is 0 Å². The summed E-state index contributed by atoms with van der Waals surface area (Å²) in [4.78, 5) is 12.5. The van der Waals surface area contributed by atoms with Crippen molar-refractivity contribution in [3.63, 3.8) is 0 Å². The van der Waals surface area contributed by atoms with E-state index < -0.39 is 0 Å². The fourth-order valence-electron chi connectivity index (χ4n) is 2.27. The van der Waals surface area contributed by atoms with Crippen LogP contribution in [0.5, 0.6) is 17.2 Å². The normalized spacial score (nSPS) is 11.0. The highest BCUT2D eigenvalue weighted by atomic mass is 16.5. The number of carbonyl (C=O) groups excluding carboxylic acids is 1. The molecule has 0 bridgehead atoms. The number of rotatable bonds is 6. The van der Waals surface area contributed by atoms with E-state index in [1.807, 2.05) is 0 Å². The fraction of sp³-hybridized carbons (Fsp3) is 0.222. The summed E-state index contributed by atoms with van der Waals surface area (Å²) in [5.74, 6) is 0.901.